The van der Waals surface area contributed by atoms with Crippen molar-refractivity contribution in [3.63, 3.8) is 0 Å². The van der Waals surface area contributed by atoms with Gasteiger partial charge in [0.2, 0.25) is 0 Å². The fourth-order valence-corrected chi connectivity index (χ4v) is 5.13. The summed E-state index contributed by atoms with van der Waals surface area (Å²) in [6.07, 6.45) is 5.26. The number of hydrogen-bond acceptors (Lipinski definition) is 4. The smallest absolute Gasteiger partial charge is 0.186 e. The predicted molar refractivity (Wildman–Crippen MR) is 62.9 cm³/mol. The van der Waals surface area contributed by atoms with E-state index in [4.69, 9.17) is 9.47 Å². The molecule has 2 saturated heterocycles. The third-order valence-corrected chi connectivity index (χ3v) is 6.11. The molecular formula is C10H18O2S2. The summed E-state index contributed by atoms with van der Waals surface area (Å²) < 4.78 is 11.5. The highest BCUT2D eigenvalue weighted by molar-refractivity contribution is 8.18. The maximum atomic E-state index is 5.84. The fourth-order valence-electron chi connectivity index (χ4n) is 1.98. The molecule has 0 aliphatic carbocycles. The lowest BCUT2D eigenvalue weighted by atomic mass is 10.1. The van der Waals surface area contributed by atoms with Crippen LogP contribution in [-0.4, -0.2) is 35.6 Å². The minimum atomic E-state index is -0.0985. The van der Waals surface area contributed by atoms with Gasteiger partial charge in [0, 0.05) is 13.7 Å². The van der Waals surface area contributed by atoms with Gasteiger partial charge < -0.3 is 9.47 Å². The van der Waals surface area contributed by atoms with Gasteiger partial charge in [-0.2, -0.15) is 0 Å². The Kier molecular flexibility index (Phi) is 4.05. The van der Waals surface area contributed by atoms with Crippen molar-refractivity contribution in [3.8, 4) is 0 Å². The van der Waals surface area contributed by atoms with E-state index in [1.807, 2.05) is 30.6 Å². The third-order valence-electron chi connectivity index (χ3n) is 2.75. The molecule has 0 spiro atoms. The molecule has 2 aliphatic heterocycles. The molecule has 0 unspecified atom stereocenters. The van der Waals surface area contributed by atoms with Crippen LogP contribution >= 0.6 is 23.5 Å². The van der Waals surface area contributed by atoms with Crippen LogP contribution in [0.2, 0.25) is 0 Å². The first-order valence-electron chi connectivity index (χ1n) is 5.32. The highest BCUT2D eigenvalue weighted by Gasteiger charge is 2.43. The maximum Gasteiger partial charge on any atom is 0.186 e. The average molecular weight is 234 g/mol. The summed E-state index contributed by atoms with van der Waals surface area (Å²) in [5.41, 5.74) is 0. The first-order chi connectivity index (χ1) is 6.87. The molecule has 0 radical (unpaired) electrons. The molecule has 0 saturated carbocycles. The molecule has 2 aliphatic rings. The van der Waals surface area contributed by atoms with Crippen LogP contribution in [0.15, 0.2) is 0 Å². The van der Waals surface area contributed by atoms with Crippen LogP contribution in [0.5, 0.6) is 0 Å². The normalized spacial score (nSPS) is 32.8. The molecular weight excluding hydrogens is 216 g/mol. The first kappa shape index (κ1) is 11.1. The molecule has 2 rings (SSSR count). The predicted octanol–water partition coefficient (Wildman–Crippen LogP) is 2.73. The number of hydrogen-bond donors (Lipinski definition) is 0. The lowest BCUT2D eigenvalue weighted by molar-refractivity contribution is -0.0572. The summed E-state index contributed by atoms with van der Waals surface area (Å²) in [6.45, 7) is 0.914. The van der Waals surface area contributed by atoms with Crippen molar-refractivity contribution in [1.82, 2.24) is 0 Å². The Morgan fingerprint density at radius 2 is 2.00 bits per heavy atom. The topological polar surface area (TPSA) is 18.5 Å². The molecule has 0 amide bonds. The number of ether oxygens (including phenoxy) is 2. The Morgan fingerprint density at radius 3 is 2.57 bits per heavy atom. The Bertz CT molecular complexity index is 175. The van der Waals surface area contributed by atoms with Crippen LogP contribution in [0.4, 0.5) is 0 Å². The molecule has 0 aromatic rings. The van der Waals surface area contributed by atoms with Crippen molar-refractivity contribution >= 4 is 23.5 Å². The second-order valence-electron chi connectivity index (χ2n) is 3.71. The van der Waals surface area contributed by atoms with Gasteiger partial charge in [0.25, 0.3) is 0 Å². The first-order valence-corrected chi connectivity index (χ1v) is 7.29. The number of rotatable bonds is 2. The lowest BCUT2D eigenvalue weighted by Crippen LogP contribution is -2.43. The molecule has 82 valence electrons. The summed E-state index contributed by atoms with van der Waals surface area (Å²) in [6, 6.07) is 0. The molecule has 4 heteroatoms. The fraction of sp³-hybridized carbons (Fsp3) is 1.00. The van der Waals surface area contributed by atoms with E-state index in [9.17, 15) is 0 Å². The van der Waals surface area contributed by atoms with Crippen LogP contribution in [0.25, 0.3) is 0 Å². The molecule has 1 atom stereocenters. The molecule has 14 heavy (non-hydrogen) atoms. The highest BCUT2D eigenvalue weighted by atomic mass is 32.2. The van der Waals surface area contributed by atoms with Gasteiger partial charge in [0.15, 0.2) is 4.27 Å². The summed E-state index contributed by atoms with van der Waals surface area (Å²) in [7, 11) is 1.82. The monoisotopic (exact) mass is 234 g/mol. The second-order valence-corrected chi connectivity index (χ2v) is 6.58. The van der Waals surface area contributed by atoms with E-state index in [2.05, 4.69) is 0 Å². The van der Waals surface area contributed by atoms with E-state index in [1.54, 1.807) is 0 Å². The van der Waals surface area contributed by atoms with Crippen molar-refractivity contribution in [2.75, 3.05) is 25.2 Å². The number of methoxy groups -OCH3 is 1. The zero-order valence-corrected chi connectivity index (χ0v) is 10.3. The van der Waals surface area contributed by atoms with E-state index in [0.717, 1.165) is 13.0 Å². The van der Waals surface area contributed by atoms with Gasteiger partial charge in [0.05, 0.1) is 0 Å². The minimum Gasteiger partial charge on any atom is -0.373 e. The van der Waals surface area contributed by atoms with E-state index in [1.165, 1.54) is 30.8 Å². The summed E-state index contributed by atoms with van der Waals surface area (Å²) in [4.78, 5) is 0. The van der Waals surface area contributed by atoms with Gasteiger partial charge in [0.1, 0.15) is 6.10 Å². The van der Waals surface area contributed by atoms with Crippen LogP contribution in [0.1, 0.15) is 25.7 Å². The van der Waals surface area contributed by atoms with Crippen molar-refractivity contribution in [2.24, 2.45) is 0 Å². The molecule has 0 aromatic carbocycles. The van der Waals surface area contributed by atoms with Crippen molar-refractivity contribution in [3.05, 3.63) is 0 Å². The summed E-state index contributed by atoms with van der Waals surface area (Å²) in [5.74, 6) is 2.42. The standard InChI is InChI=1S/C10H18O2S2/c1-11-10(13-7-4-8-14-10)9-5-2-3-6-12-9/h9H,2-8H2,1H3/t9-/m1/s1. The van der Waals surface area contributed by atoms with Crippen LogP contribution in [0.3, 0.4) is 0 Å². The van der Waals surface area contributed by atoms with E-state index < -0.39 is 0 Å². The van der Waals surface area contributed by atoms with Gasteiger partial charge in [-0.1, -0.05) is 0 Å². The average Bonchev–Trinajstić information content (AvgIpc) is 2.31. The van der Waals surface area contributed by atoms with Gasteiger partial charge >= 0.3 is 0 Å². The Morgan fingerprint density at radius 1 is 1.21 bits per heavy atom. The molecule has 0 bridgehead atoms. The van der Waals surface area contributed by atoms with Gasteiger partial charge in [-0.25, -0.2) is 0 Å². The number of thioether (sulfide) groups is 2. The highest BCUT2D eigenvalue weighted by Crippen LogP contribution is 2.48. The van der Waals surface area contributed by atoms with Crippen LogP contribution < -0.4 is 0 Å². The Labute approximate surface area is 94.5 Å². The van der Waals surface area contributed by atoms with Crippen molar-refractivity contribution < 1.29 is 9.47 Å². The van der Waals surface area contributed by atoms with Gasteiger partial charge in [-0.15, -0.1) is 23.5 Å². The molecule has 2 heterocycles. The summed E-state index contributed by atoms with van der Waals surface area (Å²) >= 11 is 3.87. The summed E-state index contributed by atoms with van der Waals surface area (Å²) in [5, 5.41) is 0. The van der Waals surface area contributed by atoms with Crippen molar-refractivity contribution in [1.29, 1.82) is 0 Å². The van der Waals surface area contributed by atoms with E-state index in [0.29, 0.717) is 6.10 Å². The molecule has 2 fully saturated rings. The molecule has 0 aromatic heterocycles. The molecule has 0 N–H and O–H groups in total. The Hall–Kier alpha value is 0.620. The Balaban J connectivity index is 2.01. The van der Waals surface area contributed by atoms with Crippen LogP contribution in [0, 0.1) is 0 Å². The lowest BCUT2D eigenvalue weighted by Gasteiger charge is -2.42. The SMILES string of the molecule is COC1([C@H]2CCCCO2)SCCCS1. The molecule has 2 nitrogen and oxygen atoms in total. The van der Waals surface area contributed by atoms with E-state index in [-0.39, 0.29) is 4.27 Å². The zero-order valence-electron chi connectivity index (χ0n) is 8.66. The van der Waals surface area contributed by atoms with E-state index >= 15 is 0 Å². The van der Waals surface area contributed by atoms with Crippen molar-refractivity contribution in [2.45, 2.75) is 36.1 Å². The van der Waals surface area contributed by atoms with Gasteiger partial charge in [-0.05, 0) is 37.2 Å². The maximum absolute atomic E-state index is 5.84. The minimum absolute atomic E-state index is 0.0985. The quantitative estimate of drug-likeness (QED) is 0.731. The third kappa shape index (κ3) is 2.23. The largest absolute Gasteiger partial charge is 0.373 e. The zero-order chi connectivity index (χ0) is 9.86. The van der Waals surface area contributed by atoms with Crippen LogP contribution in [-0.2, 0) is 9.47 Å². The second kappa shape index (κ2) is 5.10. The van der Waals surface area contributed by atoms with Gasteiger partial charge in [-0.3, -0.25) is 0 Å².